The minimum Gasteiger partial charge on any atom is -0.244 e. The molecule has 0 bridgehead atoms. The lowest BCUT2D eigenvalue weighted by Crippen LogP contribution is -2.20. The molecule has 1 aliphatic carbocycles. The Bertz CT molecular complexity index is 129. The fraction of sp³-hybridized carbons (Fsp3) is 1.00. The van der Waals surface area contributed by atoms with Gasteiger partial charge in [0, 0.05) is 0 Å². The van der Waals surface area contributed by atoms with Crippen LogP contribution in [0.5, 0.6) is 0 Å². The van der Waals surface area contributed by atoms with Gasteiger partial charge in [0.15, 0.2) is 0 Å². The summed E-state index contributed by atoms with van der Waals surface area (Å²) in [5.74, 6) is 0.582. The van der Waals surface area contributed by atoms with E-state index >= 15 is 0 Å². The Labute approximate surface area is 75.5 Å². The van der Waals surface area contributed by atoms with Crippen molar-refractivity contribution in [2.75, 3.05) is 0 Å². The summed E-state index contributed by atoms with van der Waals surface area (Å²) in [6, 6.07) is 0. The first-order chi connectivity index (χ1) is 5.60. The first kappa shape index (κ1) is 10.0. The summed E-state index contributed by atoms with van der Waals surface area (Å²) in [7, 11) is 0. The third-order valence-electron chi connectivity index (χ3n) is 2.92. The normalized spacial score (nSPS) is 39.8. The van der Waals surface area contributed by atoms with Gasteiger partial charge in [-0.15, -0.1) is 0 Å². The molecule has 0 heterocycles. The van der Waals surface area contributed by atoms with Gasteiger partial charge in [0.2, 0.25) is 0 Å². The van der Waals surface area contributed by atoms with Crippen molar-refractivity contribution in [2.24, 2.45) is 5.92 Å². The van der Waals surface area contributed by atoms with Crippen LogP contribution in [0.2, 0.25) is 0 Å². The maximum absolute atomic E-state index is 13.7. The van der Waals surface area contributed by atoms with Crippen LogP contribution >= 0.6 is 0 Å². The zero-order valence-corrected chi connectivity index (χ0v) is 8.41. The SMILES string of the molecule is CC1CCCCCCC(C)(F)C1. The van der Waals surface area contributed by atoms with Gasteiger partial charge in [-0.3, -0.25) is 0 Å². The molecule has 12 heavy (non-hydrogen) atoms. The summed E-state index contributed by atoms with van der Waals surface area (Å²) in [6.45, 7) is 3.96. The summed E-state index contributed by atoms with van der Waals surface area (Å²) in [4.78, 5) is 0. The van der Waals surface area contributed by atoms with E-state index in [1.807, 2.05) is 0 Å². The summed E-state index contributed by atoms with van der Waals surface area (Å²) in [6.07, 6.45) is 7.69. The average molecular weight is 172 g/mol. The standard InChI is InChI=1S/C11H21F/c1-10-7-5-3-4-6-8-11(2,12)9-10/h10H,3-9H2,1-2H3. The van der Waals surface area contributed by atoms with Crippen molar-refractivity contribution < 1.29 is 4.39 Å². The van der Waals surface area contributed by atoms with Gasteiger partial charge in [-0.25, -0.2) is 4.39 Å². The lowest BCUT2D eigenvalue weighted by Gasteiger charge is -2.22. The van der Waals surface area contributed by atoms with Crippen LogP contribution in [0.1, 0.15) is 58.8 Å². The molecular weight excluding hydrogens is 151 g/mol. The lowest BCUT2D eigenvalue weighted by molar-refractivity contribution is 0.135. The van der Waals surface area contributed by atoms with E-state index < -0.39 is 5.67 Å². The highest BCUT2D eigenvalue weighted by Gasteiger charge is 2.25. The molecule has 1 aliphatic rings. The van der Waals surface area contributed by atoms with Gasteiger partial charge in [-0.05, 0) is 25.7 Å². The van der Waals surface area contributed by atoms with Crippen molar-refractivity contribution in [3.8, 4) is 0 Å². The van der Waals surface area contributed by atoms with Gasteiger partial charge >= 0.3 is 0 Å². The third kappa shape index (κ3) is 3.55. The summed E-state index contributed by atoms with van der Waals surface area (Å²) < 4.78 is 13.7. The van der Waals surface area contributed by atoms with Crippen LogP contribution in [-0.4, -0.2) is 5.67 Å². The van der Waals surface area contributed by atoms with Crippen molar-refractivity contribution in [3.05, 3.63) is 0 Å². The molecule has 0 radical (unpaired) electrons. The maximum Gasteiger partial charge on any atom is 0.108 e. The molecule has 2 unspecified atom stereocenters. The molecular formula is C11H21F. The molecule has 0 saturated heterocycles. The van der Waals surface area contributed by atoms with Crippen LogP contribution in [0.4, 0.5) is 4.39 Å². The van der Waals surface area contributed by atoms with Crippen LogP contribution < -0.4 is 0 Å². The van der Waals surface area contributed by atoms with Gasteiger partial charge in [-0.2, -0.15) is 0 Å². The van der Waals surface area contributed by atoms with E-state index in [0.29, 0.717) is 5.92 Å². The Hall–Kier alpha value is -0.0700. The van der Waals surface area contributed by atoms with Crippen LogP contribution in [0.15, 0.2) is 0 Å². The van der Waals surface area contributed by atoms with Gasteiger partial charge in [0.25, 0.3) is 0 Å². The second-order valence-corrected chi connectivity index (χ2v) is 4.68. The molecule has 72 valence electrons. The van der Waals surface area contributed by atoms with Crippen LogP contribution in [0, 0.1) is 5.92 Å². The minimum absolute atomic E-state index is 0.582. The Morgan fingerprint density at radius 2 is 1.83 bits per heavy atom. The fourth-order valence-corrected chi connectivity index (χ4v) is 2.27. The van der Waals surface area contributed by atoms with Crippen molar-refractivity contribution >= 4 is 0 Å². The molecule has 2 atom stereocenters. The van der Waals surface area contributed by atoms with E-state index in [0.717, 1.165) is 19.3 Å². The molecule has 1 saturated carbocycles. The lowest BCUT2D eigenvalue weighted by atomic mass is 9.90. The Kier molecular flexibility index (Phi) is 3.54. The molecule has 0 spiro atoms. The van der Waals surface area contributed by atoms with E-state index in [9.17, 15) is 4.39 Å². The first-order valence-electron chi connectivity index (χ1n) is 5.29. The number of halogens is 1. The Balaban J connectivity index is 2.44. The quantitative estimate of drug-likeness (QED) is 0.516. The van der Waals surface area contributed by atoms with E-state index in [2.05, 4.69) is 6.92 Å². The molecule has 0 amide bonds. The maximum atomic E-state index is 13.7. The number of hydrogen-bond acceptors (Lipinski definition) is 0. The molecule has 1 fully saturated rings. The topological polar surface area (TPSA) is 0 Å². The van der Waals surface area contributed by atoms with Gasteiger partial charge < -0.3 is 0 Å². The highest BCUT2D eigenvalue weighted by atomic mass is 19.1. The van der Waals surface area contributed by atoms with Crippen molar-refractivity contribution in [3.63, 3.8) is 0 Å². The van der Waals surface area contributed by atoms with E-state index in [-0.39, 0.29) is 0 Å². The third-order valence-corrected chi connectivity index (χ3v) is 2.92. The molecule has 0 aliphatic heterocycles. The van der Waals surface area contributed by atoms with E-state index in [4.69, 9.17) is 0 Å². The summed E-state index contributed by atoms with van der Waals surface area (Å²) in [5, 5.41) is 0. The number of alkyl halides is 1. The second-order valence-electron chi connectivity index (χ2n) is 4.68. The molecule has 0 nitrogen and oxygen atoms in total. The highest BCUT2D eigenvalue weighted by molar-refractivity contribution is 4.77. The zero-order valence-electron chi connectivity index (χ0n) is 8.41. The smallest absolute Gasteiger partial charge is 0.108 e. The van der Waals surface area contributed by atoms with Crippen LogP contribution in [0.25, 0.3) is 0 Å². The summed E-state index contributed by atoms with van der Waals surface area (Å²) in [5.41, 5.74) is -0.885. The monoisotopic (exact) mass is 172 g/mol. The van der Waals surface area contributed by atoms with Gasteiger partial charge in [-0.1, -0.05) is 39.0 Å². The largest absolute Gasteiger partial charge is 0.244 e. The summed E-state index contributed by atoms with van der Waals surface area (Å²) >= 11 is 0. The second kappa shape index (κ2) is 4.25. The molecule has 1 heteroatoms. The number of rotatable bonds is 0. The number of hydrogen-bond donors (Lipinski definition) is 0. The predicted molar refractivity (Wildman–Crippen MR) is 51.0 cm³/mol. The van der Waals surface area contributed by atoms with Crippen LogP contribution in [-0.2, 0) is 0 Å². The van der Waals surface area contributed by atoms with Gasteiger partial charge in [0.05, 0.1) is 0 Å². The fourth-order valence-electron chi connectivity index (χ4n) is 2.27. The average Bonchev–Trinajstić information content (AvgIpc) is 1.99. The Morgan fingerprint density at radius 1 is 1.17 bits per heavy atom. The van der Waals surface area contributed by atoms with Crippen LogP contribution in [0.3, 0.4) is 0 Å². The first-order valence-corrected chi connectivity index (χ1v) is 5.29. The Morgan fingerprint density at radius 3 is 2.58 bits per heavy atom. The van der Waals surface area contributed by atoms with E-state index in [1.165, 1.54) is 25.7 Å². The van der Waals surface area contributed by atoms with Crippen molar-refractivity contribution in [2.45, 2.75) is 64.5 Å². The van der Waals surface area contributed by atoms with Crippen molar-refractivity contribution in [1.29, 1.82) is 0 Å². The van der Waals surface area contributed by atoms with Crippen molar-refractivity contribution in [1.82, 2.24) is 0 Å². The highest BCUT2D eigenvalue weighted by Crippen LogP contribution is 2.31. The molecule has 0 aromatic heterocycles. The van der Waals surface area contributed by atoms with E-state index in [1.54, 1.807) is 6.92 Å². The zero-order chi connectivity index (χ0) is 9.03. The molecule has 0 aromatic rings. The van der Waals surface area contributed by atoms with Gasteiger partial charge in [0.1, 0.15) is 5.67 Å². The molecule has 0 aromatic carbocycles. The predicted octanol–water partition coefficient (Wildman–Crippen LogP) is 4.10. The molecule has 1 rings (SSSR count). The molecule has 0 N–H and O–H groups in total. The minimum atomic E-state index is -0.885.